The number of aliphatic hydroxyl groups is 1. The predicted octanol–water partition coefficient (Wildman–Crippen LogP) is 2.73. The van der Waals surface area contributed by atoms with Crippen LogP contribution in [-0.4, -0.2) is 27.5 Å². The Balaban J connectivity index is 1.68. The summed E-state index contributed by atoms with van der Waals surface area (Å²) in [6.45, 7) is 0.0874. The monoisotopic (exact) mass is 335 g/mol. The normalized spacial score (nSPS) is 11.6. The van der Waals surface area contributed by atoms with Crippen LogP contribution in [0.4, 0.5) is 0 Å². The summed E-state index contributed by atoms with van der Waals surface area (Å²) < 4.78 is 5.63. The molecule has 0 saturated heterocycles. The van der Waals surface area contributed by atoms with Crippen LogP contribution in [-0.2, 0) is 0 Å². The Labute approximate surface area is 145 Å². The Bertz CT molecular complexity index is 826. The van der Waals surface area contributed by atoms with E-state index in [1.54, 1.807) is 48.8 Å². The van der Waals surface area contributed by atoms with Gasteiger partial charge in [-0.3, -0.25) is 9.78 Å². The first-order valence-electron chi connectivity index (χ1n) is 7.78. The van der Waals surface area contributed by atoms with Gasteiger partial charge in [-0.15, -0.1) is 0 Å². The summed E-state index contributed by atoms with van der Waals surface area (Å²) in [4.78, 5) is 20.5. The van der Waals surface area contributed by atoms with E-state index in [0.29, 0.717) is 5.75 Å². The van der Waals surface area contributed by atoms with Gasteiger partial charge in [-0.05, 0) is 29.8 Å². The number of amides is 1. The zero-order chi connectivity index (χ0) is 17.5. The third-order valence-corrected chi connectivity index (χ3v) is 3.51. The van der Waals surface area contributed by atoms with E-state index in [2.05, 4.69) is 15.3 Å². The lowest BCUT2D eigenvalue weighted by molar-refractivity contribution is 0.0913. The zero-order valence-electron chi connectivity index (χ0n) is 13.4. The molecule has 1 atom stereocenters. The Hall–Kier alpha value is -3.25. The van der Waals surface area contributed by atoms with E-state index in [1.807, 2.05) is 18.2 Å². The fraction of sp³-hybridized carbons (Fsp3) is 0.105. The average molecular weight is 335 g/mol. The fourth-order valence-corrected chi connectivity index (χ4v) is 2.24. The molecule has 126 valence electrons. The van der Waals surface area contributed by atoms with Crippen molar-refractivity contribution in [3.63, 3.8) is 0 Å². The molecule has 0 saturated carbocycles. The van der Waals surface area contributed by atoms with Gasteiger partial charge in [-0.2, -0.15) is 0 Å². The van der Waals surface area contributed by atoms with Gasteiger partial charge in [0.2, 0.25) is 5.88 Å². The highest BCUT2D eigenvalue weighted by molar-refractivity contribution is 5.96. The minimum atomic E-state index is -0.787. The van der Waals surface area contributed by atoms with Crippen LogP contribution in [0.15, 0.2) is 73.2 Å². The van der Waals surface area contributed by atoms with Crippen molar-refractivity contribution in [2.75, 3.05) is 6.54 Å². The van der Waals surface area contributed by atoms with Crippen molar-refractivity contribution >= 4 is 5.91 Å². The van der Waals surface area contributed by atoms with Crippen molar-refractivity contribution in [3.05, 3.63) is 84.3 Å². The summed E-state index contributed by atoms with van der Waals surface area (Å²) >= 11 is 0. The van der Waals surface area contributed by atoms with Crippen LogP contribution in [0.25, 0.3) is 0 Å². The van der Waals surface area contributed by atoms with Crippen molar-refractivity contribution in [1.29, 1.82) is 0 Å². The van der Waals surface area contributed by atoms with E-state index >= 15 is 0 Å². The van der Waals surface area contributed by atoms with Crippen LogP contribution >= 0.6 is 0 Å². The maximum Gasteiger partial charge on any atom is 0.256 e. The number of nitrogens with one attached hydrogen (secondary N) is 1. The van der Waals surface area contributed by atoms with Gasteiger partial charge in [-0.1, -0.05) is 30.3 Å². The maximum atomic E-state index is 12.4. The minimum absolute atomic E-state index is 0.0874. The molecule has 2 heterocycles. The first-order chi connectivity index (χ1) is 12.2. The van der Waals surface area contributed by atoms with Gasteiger partial charge >= 0.3 is 0 Å². The van der Waals surface area contributed by atoms with Crippen molar-refractivity contribution in [1.82, 2.24) is 15.3 Å². The van der Waals surface area contributed by atoms with Crippen LogP contribution in [0.3, 0.4) is 0 Å². The molecule has 0 aliphatic heterocycles. The number of pyridine rings is 2. The Morgan fingerprint density at radius 2 is 1.88 bits per heavy atom. The van der Waals surface area contributed by atoms with E-state index in [9.17, 15) is 9.90 Å². The number of ether oxygens (including phenoxy) is 1. The molecule has 0 aliphatic rings. The highest BCUT2D eigenvalue weighted by Gasteiger charge is 2.16. The molecule has 6 nitrogen and oxygen atoms in total. The number of benzene rings is 1. The summed E-state index contributed by atoms with van der Waals surface area (Å²) in [5.41, 5.74) is 1.02. The largest absolute Gasteiger partial charge is 0.437 e. The van der Waals surface area contributed by atoms with Gasteiger partial charge in [0.15, 0.2) is 0 Å². The Kier molecular flexibility index (Phi) is 5.33. The molecule has 0 fully saturated rings. The van der Waals surface area contributed by atoms with E-state index < -0.39 is 6.10 Å². The Morgan fingerprint density at radius 3 is 2.64 bits per heavy atom. The van der Waals surface area contributed by atoms with Gasteiger partial charge in [0, 0.05) is 18.9 Å². The van der Waals surface area contributed by atoms with Gasteiger partial charge < -0.3 is 15.2 Å². The van der Waals surface area contributed by atoms with E-state index in [4.69, 9.17) is 4.74 Å². The highest BCUT2D eigenvalue weighted by atomic mass is 16.5. The van der Waals surface area contributed by atoms with Gasteiger partial charge in [-0.25, -0.2) is 4.98 Å². The molecule has 3 rings (SSSR count). The minimum Gasteiger partial charge on any atom is -0.437 e. The molecule has 0 bridgehead atoms. The number of aliphatic hydroxyl groups excluding tert-OH is 1. The third kappa shape index (κ3) is 4.39. The quantitative estimate of drug-likeness (QED) is 0.723. The second-order valence-electron chi connectivity index (χ2n) is 5.28. The first-order valence-corrected chi connectivity index (χ1v) is 7.78. The number of hydrogen-bond acceptors (Lipinski definition) is 5. The zero-order valence-corrected chi connectivity index (χ0v) is 13.4. The second-order valence-corrected chi connectivity index (χ2v) is 5.28. The van der Waals surface area contributed by atoms with Crippen molar-refractivity contribution in [3.8, 4) is 11.6 Å². The number of aromatic nitrogens is 2. The number of hydrogen-bond donors (Lipinski definition) is 2. The number of carbonyl (C=O) groups is 1. The third-order valence-electron chi connectivity index (χ3n) is 3.51. The molecule has 0 aliphatic carbocycles. The van der Waals surface area contributed by atoms with E-state index in [-0.39, 0.29) is 23.9 Å². The van der Waals surface area contributed by atoms with E-state index in [0.717, 1.165) is 5.56 Å². The lowest BCUT2D eigenvalue weighted by Gasteiger charge is -2.13. The molecule has 1 amide bonds. The summed E-state index contributed by atoms with van der Waals surface area (Å²) in [6, 6.07) is 15.9. The highest BCUT2D eigenvalue weighted by Crippen LogP contribution is 2.22. The molecular weight excluding hydrogens is 318 g/mol. The molecule has 6 heteroatoms. The molecular formula is C19H17N3O3. The van der Waals surface area contributed by atoms with Crippen LogP contribution < -0.4 is 10.1 Å². The molecule has 0 spiro atoms. The molecule has 0 radical (unpaired) electrons. The Morgan fingerprint density at radius 1 is 1.08 bits per heavy atom. The van der Waals surface area contributed by atoms with Crippen molar-refractivity contribution in [2.24, 2.45) is 0 Å². The number of carbonyl (C=O) groups excluding carboxylic acids is 1. The van der Waals surface area contributed by atoms with Crippen molar-refractivity contribution in [2.45, 2.75) is 6.10 Å². The topological polar surface area (TPSA) is 84.3 Å². The lowest BCUT2D eigenvalue weighted by atomic mass is 10.1. The smallest absolute Gasteiger partial charge is 0.256 e. The van der Waals surface area contributed by atoms with E-state index in [1.165, 1.54) is 6.20 Å². The molecule has 3 aromatic rings. The lowest BCUT2D eigenvalue weighted by Crippen LogP contribution is -2.28. The van der Waals surface area contributed by atoms with Gasteiger partial charge in [0.1, 0.15) is 11.3 Å². The molecule has 2 N–H and O–H groups in total. The molecule has 0 unspecified atom stereocenters. The van der Waals surface area contributed by atoms with Crippen LogP contribution in [0, 0.1) is 0 Å². The first kappa shape index (κ1) is 16.6. The SMILES string of the molecule is O=C(NC[C@H](O)c1ccccc1)c1cccnc1Oc1cccnc1. The van der Waals surface area contributed by atoms with Crippen LogP contribution in [0.1, 0.15) is 22.0 Å². The summed E-state index contributed by atoms with van der Waals surface area (Å²) in [5, 5.41) is 12.8. The summed E-state index contributed by atoms with van der Waals surface area (Å²) in [7, 11) is 0. The van der Waals surface area contributed by atoms with Gasteiger partial charge in [0.05, 0.1) is 12.3 Å². The number of nitrogens with zero attached hydrogens (tertiary/aromatic N) is 2. The second kappa shape index (κ2) is 8.03. The standard InChI is InChI=1S/C19H17N3O3/c23-17(14-6-2-1-3-7-14)13-22-18(24)16-9-5-11-21-19(16)25-15-8-4-10-20-12-15/h1-12,17,23H,13H2,(H,22,24)/t17-/m0/s1. The molecule has 2 aromatic heterocycles. The number of rotatable bonds is 6. The predicted molar refractivity (Wildman–Crippen MR) is 92.3 cm³/mol. The summed E-state index contributed by atoms with van der Waals surface area (Å²) in [5.74, 6) is 0.295. The van der Waals surface area contributed by atoms with Crippen molar-refractivity contribution < 1.29 is 14.6 Å². The molecule has 25 heavy (non-hydrogen) atoms. The summed E-state index contributed by atoms with van der Waals surface area (Å²) in [6.07, 6.45) is 3.92. The van der Waals surface area contributed by atoms with Crippen LogP contribution in [0.2, 0.25) is 0 Å². The average Bonchev–Trinajstić information content (AvgIpc) is 2.68. The maximum absolute atomic E-state index is 12.4. The van der Waals surface area contributed by atoms with Gasteiger partial charge in [0.25, 0.3) is 5.91 Å². The van der Waals surface area contributed by atoms with Crippen LogP contribution in [0.5, 0.6) is 11.6 Å². The fourth-order valence-electron chi connectivity index (χ4n) is 2.24. The molecule has 1 aromatic carbocycles.